The molecule has 1 N–H and O–H groups in total. The fourth-order valence-corrected chi connectivity index (χ4v) is 4.09. The molecule has 9 nitrogen and oxygen atoms in total. The number of nitrogens with zero attached hydrogens (tertiary/aromatic N) is 1. The Morgan fingerprint density at radius 2 is 1.48 bits per heavy atom. The molecule has 0 aliphatic carbocycles. The van der Waals surface area contributed by atoms with E-state index in [2.05, 4.69) is 5.32 Å². The summed E-state index contributed by atoms with van der Waals surface area (Å²) in [5, 5.41) is 2.87. The van der Waals surface area contributed by atoms with E-state index < -0.39 is 17.8 Å². The molecule has 3 aromatic rings. The molecule has 1 fully saturated rings. The smallest absolute Gasteiger partial charge is 0.331 e. The third-order valence-corrected chi connectivity index (χ3v) is 6.27. The van der Waals surface area contributed by atoms with E-state index in [9.17, 15) is 14.4 Å². The van der Waals surface area contributed by atoms with Crippen LogP contribution in [0.25, 0.3) is 6.08 Å². The monoisotopic (exact) mass is 564 g/mol. The Balaban J connectivity index is 1.52. The van der Waals surface area contributed by atoms with Gasteiger partial charge in [-0.1, -0.05) is 42.8 Å². The van der Waals surface area contributed by atoms with Gasteiger partial charge in [0.1, 0.15) is 12.2 Å². The highest BCUT2D eigenvalue weighted by molar-refractivity contribution is 6.31. The van der Waals surface area contributed by atoms with E-state index in [1.165, 1.54) is 20.3 Å². The van der Waals surface area contributed by atoms with Crippen LogP contribution in [0.4, 0.5) is 4.79 Å². The van der Waals surface area contributed by atoms with Crippen molar-refractivity contribution in [3.63, 3.8) is 0 Å². The zero-order valence-electron chi connectivity index (χ0n) is 22.4. The Bertz CT molecular complexity index is 1440. The molecule has 0 spiro atoms. The summed E-state index contributed by atoms with van der Waals surface area (Å²) in [4.78, 5) is 39.4. The molecule has 3 aromatic carbocycles. The van der Waals surface area contributed by atoms with Gasteiger partial charge in [0.2, 0.25) is 0 Å². The maximum absolute atomic E-state index is 13.3. The molecule has 0 bridgehead atoms. The van der Waals surface area contributed by atoms with Crippen LogP contribution in [0.5, 0.6) is 23.0 Å². The van der Waals surface area contributed by atoms with Crippen LogP contribution >= 0.6 is 11.6 Å². The molecular formula is C30H29ClN2O7. The third-order valence-electron chi connectivity index (χ3n) is 6.02. The SMILES string of the molecule is CCCOc1ccc(CN2C(=O)NC(=O)/C(=C/c3ccc(OCc4ccc(Cl)cc4)c(OC)c3)C2=O)cc1OC. The van der Waals surface area contributed by atoms with Gasteiger partial charge in [-0.3, -0.25) is 19.8 Å². The summed E-state index contributed by atoms with van der Waals surface area (Å²) < 4.78 is 22.4. The lowest BCUT2D eigenvalue weighted by Crippen LogP contribution is -2.53. The number of barbiturate groups is 1. The van der Waals surface area contributed by atoms with Gasteiger partial charge in [-0.25, -0.2) is 4.79 Å². The van der Waals surface area contributed by atoms with E-state index in [0.29, 0.717) is 52.4 Å². The number of hydrogen-bond acceptors (Lipinski definition) is 7. The number of imide groups is 2. The minimum atomic E-state index is -0.805. The van der Waals surface area contributed by atoms with Crippen LogP contribution < -0.4 is 24.3 Å². The van der Waals surface area contributed by atoms with Crippen molar-refractivity contribution in [3.05, 3.63) is 87.9 Å². The predicted octanol–water partition coefficient (Wildman–Crippen LogP) is 5.39. The van der Waals surface area contributed by atoms with E-state index in [1.807, 2.05) is 19.1 Å². The molecule has 40 heavy (non-hydrogen) atoms. The minimum absolute atomic E-state index is 0.0689. The Morgan fingerprint density at radius 1 is 0.825 bits per heavy atom. The van der Waals surface area contributed by atoms with Crippen LogP contribution in [0.3, 0.4) is 0 Å². The van der Waals surface area contributed by atoms with E-state index in [1.54, 1.807) is 48.5 Å². The lowest BCUT2D eigenvalue weighted by molar-refractivity contribution is -0.130. The molecule has 1 aliphatic rings. The largest absolute Gasteiger partial charge is 0.493 e. The van der Waals surface area contributed by atoms with Crippen molar-refractivity contribution in [2.24, 2.45) is 0 Å². The molecule has 10 heteroatoms. The first kappa shape index (κ1) is 28.5. The second kappa shape index (κ2) is 13.0. The molecule has 1 saturated heterocycles. The molecule has 4 amide bonds. The number of hydrogen-bond donors (Lipinski definition) is 1. The van der Waals surface area contributed by atoms with Crippen molar-refractivity contribution >= 4 is 35.5 Å². The fourth-order valence-electron chi connectivity index (χ4n) is 3.96. The molecule has 4 rings (SSSR count). The molecule has 0 unspecified atom stereocenters. The highest BCUT2D eigenvalue weighted by Crippen LogP contribution is 2.31. The van der Waals surface area contributed by atoms with Gasteiger partial charge >= 0.3 is 6.03 Å². The first-order valence-electron chi connectivity index (χ1n) is 12.6. The van der Waals surface area contributed by atoms with Gasteiger partial charge in [-0.15, -0.1) is 0 Å². The maximum Gasteiger partial charge on any atom is 0.331 e. The molecule has 0 saturated carbocycles. The van der Waals surface area contributed by atoms with Crippen molar-refractivity contribution in [2.75, 3.05) is 20.8 Å². The van der Waals surface area contributed by atoms with Crippen molar-refractivity contribution in [1.29, 1.82) is 0 Å². The Morgan fingerprint density at radius 3 is 2.17 bits per heavy atom. The van der Waals surface area contributed by atoms with Gasteiger partial charge in [-0.05, 0) is 65.6 Å². The number of urea groups is 1. The molecule has 0 radical (unpaired) electrons. The molecule has 0 atom stereocenters. The van der Waals surface area contributed by atoms with Crippen molar-refractivity contribution in [3.8, 4) is 23.0 Å². The number of ether oxygens (including phenoxy) is 4. The van der Waals surface area contributed by atoms with Gasteiger partial charge in [-0.2, -0.15) is 0 Å². The van der Waals surface area contributed by atoms with Crippen molar-refractivity contribution < 1.29 is 33.3 Å². The van der Waals surface area contributed by atoms with E-state index >= 15 is 0 Å². The topological polar surface area (TPSA) is 103 Å². The maximum atomic E-state index is 13.3. The number of nitrogens with one attached hydrogen (secondary N) is 1. The van der Waals surface area contributed by atoms with Crippen molar-refractivity contribution in [2.45, 2.75) is 26.5 Å². The molecule has 1 aliphatic heterocycles. The quantitative estimate of drug-likeness (QED) is 0.246. The first-order valence-corrected chi connectivity index (χ1v) is 12.9. The molecule has 0 aromatic heterocycles. The molecule has 208 valence electrons. The van der Waals surface area contributed by atoms with Gasteiger partial charge < -0.3 is 18.9 Å². The zero-order chi connectivity index (χ0) is 28.6. The van der Waals surface area contributed by atoms with Gasteiger partial charge in [0, 0.05) is 5.02 Å². The normalized spacial score (nSPS) is 14.2. The lowest BCUT2D eigenvalue weighted by Gasteiger charge is -2.26. The molecule has 1 heterocycles. The number of carbonyl (C=O) groups is 3. The van der Waals surface area contributed by atoms with Gasteiger partial charge in [0.15, 0.2) is 23.0 Å². The van der Waals surface area contributed by atoms with E-state index in [0.717, 1.165) is 16.9 Å². The van der Waals surface area contributed by atoms with Crippen LogP contribution in [0.1, 0.15) is 30.0 Å². The number of methoxy groups -OCH3 is 2. The average Bonchev–Trinajstić information content (AvgIpc) is 2.96. The van der Waals surface area contributed by atoms with Gasteiger partial charge in [0.25, 0.3) is 11.8 Å². The summed E-state index contributed by atoms with van der Waals surface area (Å²) in [6.45, 7) is 2.75. The third kappa shape index (κ3) is 6.73. The first-order chi connectivity index (χ1) is 19.3. The van der Waals surface area contributed by atoms with E-state index in [4.69, 9.17) is 30.5 Å². The summed E-state index contributed by atoms with van der Waals surface area (Å²) in [7, 11) is 3.01. The number of halogens is 1. The fraction of sp³-hybridized carbons (Fsp3) is 0.233. The summed E-state index contributed by atoms with van der Waals surface area (Å²) in [5.74, 6) is 0.435. The Labute approximate surface area is 237 Å². The Hall–Kier alpha value is -4.50. The second-order valence-corrected chi connectivity index (χ2v) is 9.30. The summed E-state index contributed by atoms with van der Waals surface area (Å²) in [6, 6.07) is 16.6. The number of rotatable bonds is 11. The van der Waals surface area contributed by atoms with E-state index in [-0.39, 0.29) is 12.1 Å². The van der Waals surface area contributed by atoms with Crippen LogP contribution in [-0.4, -0.2) is 43.6 Å². The lowest BCUT2D eigenvalue weighted by atomic mass is 10.1. The van der Waals surface area contributed by atoms with Crippen molar-refractivity contribution in [1.82, 2.24) is 10.2 Å². The van der Waals surface area contributed by atoms with Gasteiger partial charge in [0.05, 0.1) is 27.4 Å². The Kier molecular flexibility index (Phi) is 9.29. The van der Waals surface area contributed by atoms with Crippen LogP contribution in [0, 0.1) is 0 Å². The predicted molar refractivity (Wildman–Crippen MR) is 150 cm³/mol. The zero-order valence-corrected chi connectivity index (χ0v) is 23.1. The van der Waals surface area contributed by atoms with Crippen LogP contribution in [-0.2, 0) is 22.7 Å². The number of benzene rings is 3. The van der Waals surface area contributed by atoms with Crippen LogP contribution in [0.2, 0.25) is 5.02 Å². The number of carbonyl (C=O) groups excluding carboxylic acids is 3. The second-order valence-electron chi connectivity index (χ2n) is 8.87. The number of amides is 4. The summed E-state index contributed by atoms with van der Waals surface area (Å²) in [5.41, 5.74) is 1.88. The highest BCUT2D eigenvalue weighted by Gasteiger charge is 2.35. The average molecular weight is 565 g/mol. The highest BCUT2D eigenvalue weighted by atomic mass is 35.5. The minimum Gasteiger partial charge on any atom is -0.493 e. The summed E-state index contributed by atoms with van der Waals surface area (Å²) >= 11 is 5.94. The van der Waals surface area contributed by atoms with Crippen LogP contribution in [0.15, 0.2) is 66.2 Å². The standard InChI is InChI=1S/C30H29ClN2O7/c1-4-13-39-24-12-8-21(16-27(24)38-3)17-33-29(35)23(28(34)32-30(33)36)14-20-7-11-25(26(15-20)37-2)40-18-19-5-9-22(31)10-6-19/h5-12,14-16H,4,13,17-18H2,1-3H3,(H,32,34,36)/b23-14-. The molecular weight excluding hydrogens is 536 g/mol. The summed E-state index contributed by atoms with van der Waals surface area (Å²) in [6.07, 6.45) is 2.24.